The van der Waals surface area contributed by atoms with Crippen LogP contribution in [-0.4, -0.2) is 5.97 Å². The smallest absolute Gasteiger partial charge is 0.314 e. The minimum atomic E-state index is -0.274. The van der Waals surface area contributed by atoms with E-state index in [1.807, 2.05) is 43.2 Å². The molecule has 0 unspecified atom stereocenters. The molecule has 2 rings (SSSR count). The van der Waals surface area contributed by atoms with Crippen LogP contribution in [-0.2, 0) is 16.1 Å². The molecule has 0 aromatic heterocycles. The van der Waals surface area contributed by atoms with Crippen LogP contribution >= 0.6 is 0 Å². The Kier molecular flexibility index (Phi) is 3.38. The highest BCUT2D eigenvalue weighted by Gasteiger charge is 2.25. The van der Waals surface area contributed by atoms with E-state index in [2.05, 4.69) is 0 Å². The van der Waals surface area contributed by atoms with Crippen molar-refractivity contribution in [3.8, 4) is 0 Å². The highest BCUT2D eigenvalue weighted by molar-refractivity contribution is 5.91. The molecule has 1 aromatic rings. The fraction of sp³-hybridized carbons (Fsp3) is 0.0769. The van der Waals surface area contributed by atoms with Gasteiger partial charge < -0.3 is 4.74 Å². The summed E-state index contributed by atoms with van der Waals surface area (Å²) in [5.41, 5.74) is 0.998. The van der Waals surface area contributed by atoms with Crippen LogP contribution in [0.15, 0.2) is 30.3 Å². The second kappa shape index (κ2) is 4.96. The van der Waals surface area contributed by atoms with Gasteiger partial charge in [-0.3, -0.25) is 4.79 Å². The van der Waals surface area contributed by atoms with Crippen LogP contribution in [0.2, 0.25) is 0 Å². The Balaban J connectivity index is 1.80. The Morgan fingerprint density at radius 2 is 1.73 bits per heavy atom. The summed E-state index contributed by atoms with van der Waals surface area (Å²) in [4.78, 5) is 11.5. The monoisotopic (exact) mass is 199 g/mol. The molecule has 0 aliphatic heterocycles. The fourth-order valence-electron chi connectivity index (χ4n) is 1.32. The first kappa shape index (κ1) is 10.2. The van der Waals surface area contributed by atoms with E-state index < -0.39 is 0 Å². The molecule has 0 N–H and O–H groups in total. The molecule has 1 fully saturated rings. The molecule has 1 aliphatic rings. The molecule has 2 nitrogen and oxygen atoms in total. The Bertz CT molecular complexity index is 313. The predicted octanol–water partition coefficient (Wildman–Crippen LogP) is 2.14. The van der Waals surface area contributed by atoms with E-state index in [0.29, 0.717) is 12.5 Å². The molecule has 2 heteroatoms. The zero-order chi connectivity index (χ0) is 10.5. The van der Waals surface area contributed by atoms with Crippen molar-refractivity contribution in [2.24, 2.45) is 0 Å². The number of ether oxygens (including phenoxy) is 1. The topological polar surface area (TPSA) is 26.3 Å². The van der Waals surface area contributed by atoms with Gasteiger partial charge in [-0.15, -0.1) is 0 Å². The molecular formula is C13H11O2. The zero-order valence-electron chi connectivity index (χ0n) is 8.22. The molecule has 0 heterocycles. The van der Waals surface area contributed by atoms with Crippen molar-refractivity contribution in [2.75, 3.05) is 0 Å². The molecule has 0 bridgehead atoms. The number of hydrogen-bond acceptors (Lipinski definition) is 2. The van der Waals surface area contributed by atoms with Gasteiger partial charge in [0.05, 0.1) is 5.92 Å². The van der Waals surface area contributed by atoms with Crippen LogP contribution in [0.4, 0.5) is 0 Å². The van der Waals surface area contributed by atoms with Gasteiger partial charge in [-0.05, 0) is 31.2 Å². The molecule has 0 atom stereocenters. The maximum Gasteiger partial charge on any atom is 0.314 e. The highest BCUT2D eigenvalue weighted by atomic mass is 16.5. The highest BCUT2D eigenvalue weighted by Crippen LogP contribution is 2.24. The van der Waals surface area contributed by atoms with Gasteiger partial charge in [0.1, 0.15) is 6.61 Å². The van der Waals surface area contributed by atoms with Crippen molar-refractivity contribution in [3.05, 3.63) is 67.5 Å². The van der Waals surface area contributed by atoms with Crippen molar-refractivity contribution in [3.63, 3.8) is 0 Å². The van der Waals surface area contributed by atoms with Gasteiger partial charge >= 0.3 is 5.97 Å². The van der Waals surface area contributed by atoms with Crippen LogP contribution < -0.4 is 0 Å². The SMILES string of the molecule is O=C(OCc1ccccc1)[C]1[CH][CH][CH][CH]1. The van der Waals surface area contributed by atoms with E-state index in [1.54, 1.807) is 12.8 Å². The molecule has 0 spiro atoms. The standard InChI is InChI=1S/C13H11O2/c14-13(12-8-4-5-9-12)15-10-11-6-2-1-3-7-11/h1-9H,10H2. The van der Waals surface area contributed by atoms with Gasteiger partial charge in [-0.2, -0.15) is 0 Å². The molecular weight excluding hydrogens is 188 g/mol. The third-order valence-corrected chi connectivity index (χ3v) is 2.11. The molecule has 75 valence electrons. The molecule has 1 aliphatic carbocycles. The first-order valence-electron chi connectivity index (χ1n) is 4.79. The summed E-state index contributed by atoms with van der Waals surface area (Å²) in [6.07, 6.45) is 7.12. The third-order valence-electron chi connectivity index (χ3n) is 2.11. The first-order valence-corrected chi connectivity index (χ1v) is 4.79. The Morgan fingerprint density at radius 1 is 1.07 bits per heavy atom. The summed E-state index contributed by atoms with van der Waals surface area (Å²) >= 11 is 0. The van der Waals surface area contributed by atoms with Gasteiger partial charge in [-0.25, -0.2) is 0 Å². The Labute approximate surface area is 90.3 Å². The van der Waals surface area contributed by atoms with Crippen LogP contribution in [0, 0.1) is 31.6 Å². The lowest BCUT2D eigenvalue weighted by Gasteiger charge is -2.08. The van der Waals surface area contributed by atoms with Crippen molar-refractivity contribution in [1.82, 2.24) is 0 Å². The van der Waals surface area contributed by atoms with Gasteiger partial charge in [0.2, 0.25) is 0 Å². The van der Waals surface area contributed by atoms with Gasteiger partial charge in [0, 0.05) is 0 Å². The minimum absolute atomic E-state index is 0.274. The Hall–Kier alpha value is -1.31. The molecule has 1 saturated carbocycles. The lowest BCUT2D eigenvalue weighted by atomic mass is 10.1. The number of carbonyl (C=O) groups excluding carboxylic acids is 1. The molecule has 1 aromatic carbocycles. The van der Waals surface area contributed by atoms with Crippen LogP contribution in [0.5, 0.6) is 0 Å². The third kappa shape index (κ3) is 2.82. The predicted molar refractivity (Wildman–Crippen MR) is 56.7 cm³/mol. The van der Waals surface area contributed by atoms with Crippen molar-refractivity contribution in [2.45, 2.75) is 6.61 Å². The van der Waals surface area contributed by atoms with Crippen molar-refractivity contribution < 1.29 is 9.53 Å². The lowest BCUT2D eigenvalue weighted by molar-refractivity contribution is -0.141. The Morgan fingerprint density at radius 3 is 2.40 bits per heavy atom. The zero-order valence-corrected chi connectivity index (χ0v) is 8.22. The van der Waals surface area contributed by atoms with Gasteiger partial charge in [-0.1, -0.05) is 30.3 Å². The fourth-order valence-corrected chi connectivity index (χ4v) is 1.32. The maximum atomic E-state index is 11.5. The van der Waals surface area contributed by atoms with Crippen LogP contribution in [0.1, 0.15) is 5.56 Å². The summed E-state index contributed by atoms with van der Waals surface area (Å²) in [5.74, 6) is 0.329. The number of rotatable bonds is 3. The summed E-state index contributed by atoms with van der Waals surface area (Å²) in [6, 6.07) is 9.64. The van der Waals surface area contributed by atoms with E-state index in [-0.39, 0.29) is 5.97 Å². The van der Waals surface area contributed by atoms with E-state index in [9.17, 15) is 4.79 Å². The second-order valence-electron chi connectivity index (χ2n) is 3.24. The summed E-state index contributed by atoms with van der Waals surface area (Å²) in [5, 5.41) is 0. The molecule has 15 heavy (non-hydrogen) atoms. The van der Waals surface area contributed by atoms with E-state index in [0.717, 1.165) is 5.56 Å². The van der Waals surface area contributed by atoms with Crippen LogP contribution in [0.25, 0.3) is 0 Å². The second-order valence-corrected chi connectivity index (χ2v) is 3.24. The normalized spacial score (nSPS) is 16.5. The van der Waals surface area contributed by atoms with Gasteiger partial charge in [0.25, 0.3) is 0 Å². The molecule has 5 radical (unpaired) electrons. The number of carbonyl (C=O) groups is 1. The van der Waals surface area contributed by atoms with E-state index in [4.69, 9.17) is 4.74 Å². The minimum Gasteiger partial charge on any atom is -0.460 e. The van der Waals surface area contributed by atoms with E-state index in [1.165, 1.54) is 0 Å². The lowest BCUT2D eigenvalue weighted by Crippen LogP contribution is -2.13. The van der Waals surface area contributed by atoms with Crippen molar-refractivity contribution >= 4 is 5.97 Å². The number of hydrogen-bond donors (Lipinski definition) is 0. The van der Waals surface area contributed by atoms with Gasteiger partial charge in [0.15, 0.2) is 0 Å². The van der Waals surface area contributed by atoms with Crippen LogP contribution in [0.3, 0.4) is 0 Å². The van der Waals surface area contributed by atoms with Crippen molar-refractivity contribution in [1.29, 1.82) is 0 Å². The quantitative estimate of drug-likeness (QED) is 0.697. The first-order chi connectivity index (χ1) is 7.36. The number of esters is 1. The van der Waals surface area contributed by atoms with E-state index >= 15 is 0 Å². The maximum absolute atomic E-state index is 11.5. The summed E-state index contributed by atoms with van der Waals surface area (Å²) in [6.45, 7) is 0.324. The molecule has 0 amide bonds. The molecule has 0 saturated heterocycles. The largest absolute Gasteiger partial charge is 0.460 e. The summed E-state index contributed by atoms with van der Waals surface area (Å²) < 4.78 is 5.13. The number of benzene rings is 1. The average Bonchev–Trinajstić information content (AvgIpc) is 2.81. The average molecular weight is 199 g/mol. The summed E-state index contributed by atoms with van der Waals surface area (Å²) in [7, 11) is 0.